The molecule has 55 heavy (non-hydrogen) atoms. The molecule has 1 nitrogen and oxygen atoms in total. The Balaban J connectivity index is 0.000000322. The van der Waals surface area contributed by atoms with Crippen LogP contribution in [-0.2, 0) is 0 Å². The monoisotopic (exact) mass is 725 g/mol. The van der Waals surface area contributed by atoms with Crippen molar-refractivity contribution in [1.29, 1.82) is 0 Å². The fourth-order valence-corrected chi connectivity index (χ4v) is 5.33. The van der Waals surface area contributed by atoms with Crippen LogP contribution in [0, 0.1) is 20.8 Å². The van der Waals surface area contributed by atoms with E-state index in [9.17, 15) is 0 Å². The summed E-state index contributed by atoms with van der Waals surface area (Å²) in [5, 5.41) is 0. The third-order valence-electron chi connectivity index (χ3n) is 8.75. The van der Waals surface area contributed by atoms with Crippen molar-refractivity contribution in [3.05, 3.63) is 233 Å². The lowest BCUT2D eigenvalue weighted by molar-refractivity contribution is 1.20. The second-order valence-electron chi connectivity index (χ2n) is 13.9. The zero-order valence-corrected chi connectivity index (χ0v) is 35.0. The Kier molecular flexibility index (Phi) is 20.2. The quantitative estimate of drug-likeness (QED) is 0.130. The molecule has 1 heteroatoms. The van der Waals surface area contributed by atoms with E-state index in [1.165, 1.54) is 55.7 Å². The van der Waals surface area contributed by atoms with Crippen LogP contribution in [-0.4, -0.2) is 5.71 Å². The third kappa shape index (κ3) is 16.8. The minimum Gasteiger partial charge on any atom is -0.249 e. The highest BCUT2D eigenvalue weighted by Crippen LogP contribution is 2.23. The van der Waals surface area contributed by atoms with Crippen molar-refractivity contribution in [2.75, 3.05) is 0 Å². The van der Waals surface area contributed by atoms with Crippen molar-refractivity contribution >= 4 is 22.4 Å². The van der Waals surface area contributed by atoms with Gasteiger partial charge in [-0.25, -0.2) is 4.99 Å². The number of rotatable bonds is 12. The van der Waals surface area contributed by atoms with Crippen molar-refractivity contribution in [2.24, 2.45) is 4.99 Å². The van der Waals surface area contributed by atoms with Crippen molar-refractivity contribution in [3.63, 3.8) is 0 Å². The van der Waals surface area contributed by atoms with Crippen LogP contribution in [0.1, 0.15) is 87.8 Å². The summed E-state index contributed by atoms with van der Waals surface area (Å²) in [5.41, 5.74) is 17.4. The number of aliphatic imine (C=N–C) groups is 1. The lowest BCUT2D eigenvalue weighted by Crippen LogP contribution is -1.99. The molecule has 1 aliphatic rings. The zero-order valence-electron chi connectivity index (χ0n) is 35.0. The fourth-order valence-electron chi connectivity index (χ4n) is 5.33. The van der Waals surface area contributed by atoms with Crippen LogP contribution in [0.25, 0.3) is 16.7 Å². The largest absolute Gasteiger partial charge is 0.249 e. The van der Waals surface area contributed by atoms with Gasteiger partial charge in [0.2, 0.25) is 0 Å². The van der Waals surface area contributed by atoms with Gasteiger partial charge >= 0.3 is 0 Å². The van der Waals surface area contributed by atoms with Gasteiger partial charge in [-0.2, -0.15) is 0 Å². The van der Waals surface area contributed by atoms with Crippen molar-refractivity contribution < 1.29 is 0 Å². The number of hydrogen-bond donors (Lipinski definition) is 0. The molecule has 0 saturated heterocycles. The predicted molar refractivity (Wildman–Crippen MR) is 249 cm³/mol. The summed E-state index contributed by atoms with van der Waals surface area (Å²) in [6, 6.07) is 25.5. The molecule has 0 unspecified atom stereocenters. The molecule has 3 aromatic rings. The second-order valence-corrected chi connectivity index (χ2v) is 13.9. The number of nitrogens with zero attached hydrogens (tertiary/aromatic N) is 1. The van der Waals surface area contributed by atoms with Crippen molar-refractivity contribution in [2.45, 2.75) is 75.2 Å². The van der Waals surface area contributed by atoms with Gasteiger partial charge in [0.15, 0.2) is 0 Å². The maximum Gasteiger partial charge on any atom is 0.0662 e. The molecule has 0 atom stereocenters. The maximum atomic E-state index is 4.85. The van der Waals surface area contributed by atoms with E-state index in [-0.39, 0.29) is 0 Å². The Morgan fingerprint density at radius 1 is 0.745 bits per heavy atom. The molecule has 0 saturated carbocycles. The molecule has 0 heterocycles. The first kappa shape index (κ1) is 45.4. The summed E-state index contributed by atoms with van der Waals surface area (Å²) in [5.74, 6) is 0. The average Bonchev–Trinajstić information content (AvgIpc) is 3.43. The Hall–Kier alpha value is -5.79. The summed E-state index contributed by atoms with van der Waals surface area (Å²) in [6.45, 7) is 34.4. The zero-order chi connectivity index (χ0) is 40.8. The summed E-state index contributed by atoms with van der Waals surface area (Å²) in [7, 11) is 0. The van der Waals surface area contributed by atoms with Crippen LogP contribution < -0.4 is 0 Å². The number of hydrogen-bond acceptors (Lipinski definition) is 1. The SMILES string of the molecule is C=C(N=C(C=C(C)C)/C(C)=C/CC)C(/C=C\C)=C/C=C(\C)c1ccc(C)cc1.C=CC(=C)c1ccc(C)cc1.C=CC1=CC=C(c2ccc(C)cc2)CC=C1. The number of aryl methyl sites for hydroxylation is 3. The molecule has 1 aliphatic carbocycles. The molecule has 0 aliphatic heterocycles. The molecular weight excluding hydrogens is 663 g/mol. The number of allylic oxidation sites excluding steroid dienone is 18. The van der Waals surface area contributed by atoms with Crippen LogP contribution in [0.15, 0.2) is 205 Å². The van der Waals surface area contributed by atoms with E-state index in [1.54, 1.807) is 6.08 Å². The van der Waals surface area contributed by atoms with Gasteiger partial charge in [0, 0.05) is 0 Å². The Morgan fingerprint density at radius 3 is 1.82 bits per heavy atom. The van der Waals surface area contributed by atoms with Gasteiger partial charge in [-0.15, -0.1) is 0 Å². The van der Waals surface area contributed by atoms with Gasteiger partial charge in [-0.1, -0.05) is 195 Å². The van der Waals surface area contributed by atoms with E-state index in [0.717, 1.165) is 41.0 Å². The first-order chi connectivity index (χ1) is 26.3. The van der Waals surface area contributed by atoms with Crippen molar-refractivity contribution in [1.82, 2.24) is 0 Å². The summed E-state index contributed by atoms with van der Waals surface area (Å²) in [6.07, 6.45) is 26.9. The number of benzene rings is 3. The normalized spacial score (nSPS) is 13.3. The highest BCUT2D eigenvalue weighted by atomic mass is 14.8. The molecule has 0 aromatic heterocycles. The molecule has 0 spiro atoms. The average molecular weight is 726 g/mol. The van der Waals surface area contributed by atoms with Gasteiger partial charge in [0.05, 0.1) is 11.4 Å². The first-order valence-electron chi connectivity index (χ1n) is 19.1. The molecular formula is C54H63N. The van der Waals surface area contributed by atoms with E-state index in [4.69, 9.17) is 4.99 Å². The van der Waals surface area contributed by atoms with E-state index in [1.807, 2.05) is 19.1 Å². The van der Waals surface area contributed by atoms with Crippen LogP contribution in [0.3, 0.4) is 0 Å². The van der Waals surface area contributed by atoms with Gasteiger partial charge in [-0.3, -0.25) is 0 Å². The fraction of sp³-hybridized carbons (Fsp3) is 0.204. The predicted octanol–water partition coefficient (Wildman–Crippen LogP) is 15.8. The van der Waals surface area contributed by atoms with Crippen LogP contribution >= 0.6 is 0 Å². The van der Waals surface area contributed by atoms with Gasteiger partial charge in [0.1, 0.15) is 0 Å². The molecule has 0 radical (unpaired) electrons. The standard InChI is InChI=1S/C27H35N.C16H16.C11H12/c1-9-11-23(7)27(19-20(3)4)28-24(8)26(12-10-2)18-15-22(6)25-16-13-21(5)14-17-25;1-3-14-5-4-6-15(12-9-14)16-10-7-13(2)8-11-16;1-4-10(3)11-7-5-9(2)6-8-11/h10-19H,8-9H2,1-7H3;3-5,7-12H,1,6H2,2H3;4-8H,1,3H2,2H3/b12-10-,22-15+,23-11+,26-18+,28-27?;;. The Bertz CT molecular complexity index is 2030. The molecule has 0 fully saturated rings. The summed E-state index contributed by atoms with van der Waals surface area (Å²) in [4.78, 5) is 4.85. The van der Waals surface area contributed by atoms with Gasteiger partial charge < -0.3 is 0 Å². The summed E-state index contributed by atoms with van der Waals surface area (Å²) >= 11 is 0. The summed E-state index contributed by atoms with van der Waals surface area (Å²) < 4.78 is 0. The minimum absolute atomic E-state index is 0.766. The third-order valence-corrected chi connectivity index (χ3v) is 8.75. The highest BCUT2D eigenvalue weighted by molar-refractivity contribution is 6.09. The Labute approximate surface area is 334 Å². The maximum absolute atomic E-state index is 4.85. The van der Waals surface area contributed by atoms with Crippen LogP contribution in [0.2, 0.25) is 0 Å². The highest BCUT2D eigenvalue weighted by Gasteiger charge is 2.04. The first-order valence-corrected chi connectivity index (χ1v) is 19.1. The van der Waals surface area contributed by atoms with Gasteiger partial charge in [0.25, 0.3) is 0 Å². The van der Waals surface area contributed by atoms with E-state index >= 15 is 0 Å². The molecule has 3 aromatic carbocycles. The topological polar surface area (TPSA) is 12.4 Å². The molecule has 4 rings (SSSR count). The molecule has 284 valence electrons. The minimum atomic E-state index is 0.766. The van der Waals surface area contributed by atoms with Crippen molar-refractivity contribution in [3.8, 4) is 0 Å². The second kappa shape index (κ2) is 24.5. The van der Waals surface area contributed by atoms with E-state index in [0.29, 0.717) is 0 Å². The lowest BCUT2D eigenvalue weighted by atomic mass is 10.0. The molecule has 0 N–H and O–H groups in total. The van der Waals surface area contributed by atoms with Crippen LogP contribution in [0.5, 0.6) is 0 Å². The van der Waals surface area contributed by atoms with E-state index in [2.05, 4.69) is 209 Å². The van der Waals surface area contributed by atoms with Gasteiger partial charge in [-0.05, 0) is 124 Å². The Morgan fingerprint density at radius 2 is 1.31 bits per heavy atom. The molecule has 0 amide bonds. The lowest BCUT2D eigenvalue weighted by Gasteiger charge is -2.07. The molecule has 0 bridgehead atoms. The van der Waals surface area contributed by atoms with Crippen LogP contribution in [0.4, 0.5) is 0 Å². The van der Waals surface area contributed by atoms with E-state index < -0.39 is 0 Å². The smallest absolute Gasteiger partial charge is 0.0662 e.